The van der Waals surface area contributed by atoms with E-state index in [1.807, 2.05) is 6.07 Å². The highest BCUT2D eigenvalue weighted by Gasteiger charge is 2.15. The van der Waals surface area contributed by atoms with Crippen molar-refractivity contribution in [1.29, 1.82) is 0 Å². The average Bonchev–Trinajstić information content (AvgIpc) is 2.76. The minimum Gasteiger partial charge on any atom is -0.457 e. The van der Waals surface area contributed by atoms with Crippen LogP contribution in [0.1, 0.15) is 17.3 Å². The number of aromatic nitrogens is 2. The summed E-state index contributed by atoms with van der Waals surface area (Å²) in [5.74, 6) is -0.371. The Labute approximate surface area is 98.7 Å². The van der Waals surface area contributed by atoms with Crippen molar-refractivity contribution in [3.05, 3.63) is 30.0 Å². The number of benzene rings is 1. The third kappa shape index (κ3) is 2.45. The number of nitrogens with zero attached hydrogens (tertiary/aromatic N) is 1. The molecule has 1 atom stereocenters. The highest BCUT2D eigenvalue weighted by molar-refractivity contribution is 6.02. The lowest BCUT2D eigenvalue weighted by Gasteiger charge is -2.12. The largest absolute Gasteiger partial charge is 0.457 e. The number of nitrogens with one attached hydrogen (secondary N) is 1. The Balaban J connectivity index is 2.21. The summed E-state index contributed by atoms with van der Waals surface area (Å²) in [6, 6.07) is 5.39. The molecule has 0 aliphatic heterocycles. The zero-order chi connectivity index (χ0) is 12.3. The number of esters is 1. The van der Waals surface area contributed by atoms with Crippen LogP contribution in [0.2, 0.25) is 0 Å². The van der Waals surface area contributed by atoms with E-state index in [2.05, 4.69) is 10.2 Å². The fraction of sp³-hybridized carbons (Fsp3) is 0.333. The quantitative estimate of drug-likeness (QED) is 0.818. The Morgan fingerprint density at radius 3 is 3.12 bits per heavy atom. The van der Waals surface area contributed by atoms with Gasteiger partial charge in [-0.2, -0.15) is 5.10 Å². The molecule has 0 radical (unpaired) electrons. The van der Waals surface area contributed by atoms with E-state index in [1.165, 1.54) is 0 Å². The highest BCUT2D eigenvalue weighted by atomic mass is 16.6. The van der Waals surface area contributed by atoms with Gasteiger partial charge in [0.05, 0.1) is 23.9 Å². The second-order valence-electron chi connectivity index (χ2n) is 3.81. The van der Waals surface area contributed by atoms with Crippen molar-refractivity contribution in [2.75, 3.05) is 13.7 Å². The van der Waals surface area contributed by atoms with Gasteiger partial charge in [-0.1, -0.05) is 12.1 Å². The summed E-state index contributed by atoms with van der Waals surface area (Å²) >= 11 is 0. The molecule has 0 saturated carbocycles. The molecule has 17 heavy (non-hydrogen) atoms. The molecule has 1 heterocycles. The Bertz CT molecular complexity index is 521. The van der Waals surface area contributed by atoms with Crippen LogP contribution in [0.15, 0.2) is 24.4 Å². The first-order chi connectivity index (χ1) is 8.22. The molecule has 2 rings (SSSR count). The van der Waals surface area contributed by atoms with E-state index in [4.69, 9.17) is 9.47 Å². The lowest BCUT2D eigenvalue weighted by molar-refractivity contribution is 0.0122. The Kier molecular flexibility index (Phi) is 3.39. The van der Waals surface area contributed by atoms with E-state index >= 15 is 0 Å². The van der Waals surface area contributed by atoms with Crippen LogP contribution in [0.3, 0.4) is 0 Å². The maximum Gasteiger partial charge on any atom is 0.340 e. The van der Waals surface area contributed by atoms with Gasteiger partial charge in [0.2, 0.25) is 0 Å². The Hall–Kier alpha value is -1.88. The fourth-order valence-electron chi connectivity index (χ4n) is 1.65. The Morgan fingerprint density at radius 2 is 2.35 bits per heavy atom. The number of aromatic amines is 1. The number of carbonyl (C=O) groups is 1. The molecular weight excluding hydrogens is 220 g/mol. The number of para-hydroxylation sites is 1. The summed E-state index contributed by atoms with van der Waals surface area (Å²) < 4.78 is 10.2. The van der Waals surface area contributed by atoms with E-state index in [9.17, 15) is 4.79 Å². The van der Waals surface area contributed by atoms with Crippen LogP contribution in [0.25, 0.3) is 10.9 Å². The number of hydrogen-bond acceptors (Lipinski definition) is 4. The minimum atomic E-state index is -0.371. The van der Waals surface area contributed by atoms with Crippen LogP contribution < -0.4 is 0 Å². The maximum absolute atomic E-state index is 11.9. The monoisotopic (exact) mass is 234 g/mol. The summed E-state index contributed by atoms with van der Waals surface area (Å²) in [6.07, 6.45) is 1.40. The molecule has 5 heteroatoms. The van der Waals surface area contributed by atoms with Gasteiger partial charge in [0.25, 0.3) is 0 Å². The molecule has 0 aliphatic rings. The number of rotatable bonds is 4. The van der Waals surface area contributed by atoms with Crippen molar-refractivity contribution in [2.24, 2.45) is 0 Å². The van der Waals surface area contributed by atoms with Gasteiger partial charge >= 0.3 is 5.97 Å². The van der Waals surface area contributed by atoms with Gasteiger partial charge in [0.1, 0.15) is 6.10 Å². The second kappa shape index (κ2) is 4.97. The third-order valence-electron chi connectivity index (χ3n) is 2.41. The number of H-pyrrole nitrogens is 1. The van der Waals surface area contributed by atoms with Crippen LogP contribution in [0.4, 0.5) is 0 Å². The van der Waals surface area contributed by atoms with Crippen molar-refractivity contribution in [2.45, 2.75) is 13.0 Å². The Morgan fingerprint density at radius 1 is 1.53 bits per heavy atom. The summed E-state index contributed by atoms with van der Waals surface area (Å²) in [4.78, 5) is 11.9. The molecule has 0 fully saturated rings. The molecule has 0 amide bonds. The van der Waals surface area contributed by atoms with Crippen molar-refractivity contribution in [3.63, 3.8) is 0 Å². The van der Waals surface area contributed by atoms with Crippen LogP contribution in [0, 0.1) is 0 Å². The number of methoxy groups -OCH3 is 1. The summed E-state index contributed by atoms with van der Waals surface area (Å²) in [6.45, 7) is 2.17. The van der Waals surface area contributed by atoms with Crippen molar-refractivity contribution >= 4 is 16.9 Å². The summed E-state index contributed by atoms with van der Waals surface area (Å²) in [5.41, 5.74) is 1.19. The molecule has 5 nitrogen and oxygen atoms in total. The van der Waals surface area contributed by atoms with Gasteiger partial charge in [0.15, 0.2) is 0 Å². The predicted octanol–water partition coefficient (Wildman–Crippen LogP) is 1.75. The standard InChI is InChI=1S/C12H14N2O3/c1-8(7-16-2)17-12(15)10-5-3-4-9-6-13-14-11(9)10/h3-6,8H,7H2,1-2H3,(H,13,14)/t8-/m1/s1. The van der Waals surface area contributed by atoms with E-state index in [0.29, 0.717) is 17.7 Å². The number of ether oxygens (including phenoxy) is 2. The van der Waals surface area contributed by atoms with Crippen molar-refractivity contribution in [3.8, 4) is 0 Å². The van der Waals surface area contributed by atoms with Gasteiger partial charge in [0, 0.05) is 12.5 Å². The lowest BCUT2D eigenvalue weighted by Crippen LogP contribution is -2.19. The smallest absolute Gasteiger partial charge is 0.340 e. The van der Waals surface area contributed by atoms with Gasteiger partial charge in [-0.3, -0.25) is 5.10 Å². The summed E-state index contributed by atoms with van der Waals surface area (Å²) in [5, 5.41) is 7.58. The molecule has 90 valence electrons. The van der Waals surface area contributed by atoms with Gasteiger partial charge in [-0.05, 0) is 13.0 Å². The third-order valence-corrected chi connectivity index (χ3v) is 2.41. The normalized spacial score (nSPS) is 12.6. The molecule has 0 bridgehead atoms. The molecule has 0 saturated heterocycles. The van der Waals surface area contributed by atoms with Gasteiger partial charge in [-0.25, -0.2) is 4.79 Å². The number of fused-ring (bicyclic) bond motifs is 1. The van der Waals surface area contributed by atoms with E-state index in [0.717, 1.165) is 5.39 Å². The molecular formula is C12H14N2O3. The van der Waals surface area contributed by atoms with Crippen molar-refractivity contribution < 1.29 is 14.3 Å². The van der Waals surface area contributed by atoms with E-state index in [-0.39, 0.29) is 12.1 Å². The van der Waals surface area contributed by atoms with E-state index < -0.39 is 0 Å². The van der Waals surface area contributed by atoms with Crippen LogP contribution in [0.5, 0.6) is 0 Å². The molecule has 0 unspecified atom stereocenters. The highest BCUT2D eigenvalue weighted by Crippen LogP contribution is 2.16. The maximum atomic E-state index is 11.9. The molecule has 1 aromatic heterocycles. The van der Waals surface area contributed by atoms with Gasteiger partial charge in [-0.15, -0.1) is 0 Å². The molecule has 2 aromatic rings. The first-order valence-corrected chi connectivity index (χ1v) is 5.34. The second-order valence-corrected chi connectivity index (χ2v) is 3.81. The average molecular weight is 234 g/mol. The first kappa shape index (κ1) is 11.6. The van der Waals surface area contributed by atoms with Crippen LogP contribution in [-0.4, -0.2) is 36.0 Å². The first-order valence-electron chi connectivity index (χ1n) is 5.34. The fourth-order valence-corrected chi connectivity index (χ4v) is 1.65. The summed E-state index contributed by atoms with van der Waals surface area (Å²) in [7, 11) is 1.57. The predicted molar refractivity (Wildman–Crippen MR) is 62.8 cm³/mol. The zero-order valence-electron chi connectivity index (χ0n) is 9.77. The van der Waals surface area contributed by atoms with E-state index in [1.54, 1.807) is 32.4 Å². The zero-order valence-corrected chi connectivity index (χ0v) is 9.77. The molecule has 0 aliphatic carbocycles. The topological polar surface area (TPSA) is 64.2 Å². The van der Waals surface area contributed by atoms with Crippen molar-refractivity contribution in [1.82, 2.24) is 10.2 Å². The van der Waals surface area contributed by atoms with Gasteiger partial charge < -0.3 is 9.47 Å². The number of carbonyl (C=O) groups excluding carboxylic acids is 1. The van der Waals surface area contributed by atoms with Crippen LogP contribution in [-0.2, 0) is 9.47 Å². The molecule has 1 N–H and O–H groups in total. The lowest BCUT2D eigenvalue weighted by atomic mass is 10.1. The SMILES string of the molecule is COC[C@@H](C)OC(=O)c1cccc2cn[nH]c12. The molecule has 1 aromatic carbocycles. The molecule has 0 spiro atoms. The minimum absolute atomic E-state index is 0.273. The number of hydrogen-bond donors (Lipinski definition) is 1. The van der Waals surface area contributed by atoms with Crippen LogP contribution >= 0.6 is 0 Å².